The van der Waals surface area contributed by atoms with E-state index in [-0.39, 0.29) is 23.4 Å². The number of ether oxygens (including phenoxy) is 1. The molecule has 2 N–H and O–H groups in total. The molecule has 1 aromatic heterocycles. The summed E-state index contributed by atoms with van der Waals surface area (Å²) in [6.07, 6.45) is -3.06. The summed E-state index contributed by atoms with van der Waals surface area (Å²) < 4.78 is 44.8. The zero-order valence-electron chi connectivity index (χ0n) is 20.9. The molecule has 3 heterocycles. The average molecular weight is 525 g/mol. The van der Waals surface area contributed by atoms with Crippen molar-refractivity contribution < 1.29 is 27.5 Å². The zero-order chi connectivity index (χ0) is 27.0. The van der Waals surface area contributed by atoms with E-state index < -0.39 is 17.8 Å². The molecule has 7 nitrogen and oxygen atoms in total. The predicted molar refractivity (Wildman–Crippen MR) is 137 cm³/mol. The van der Waals surface area contributed by atoms with Gasteiger partial charge < -0.3 is 20.3 Å². The van der Waals surface area contributed by atoms with Crippen molar-refractivity contribution in [2.45, 2.75) is 25.6 Å². The van der Waals surface area contributed by atoms with Crippen LogP contribution in [0.2, 0.25) is 0 Å². The molecular weight excluding hydrogens is 497 g/mol. The lowest BCUT2D eigenvalue weighted by atomic mass is 9.83. The number of halogens is 3. The Bertz CT molecular complexity index is 1390. The molecule has 1 saturated heterocycles. The number of hydrogen-bond acceptors (Lipinski definition) is 5. The predicted octanol–water partition coefficient (Wildman–Crippen LogP) is 4.45. The Balaban J connectivity index is 1.44. The monoisotopic (exact) mass is 524 g/mol. The minimum atomic E-state index is -4.64. The molecule has 2 atom stereocenters. The molecule has 2 aliphatic rings. The summed E-state index contributed by atoms with van der Waals surface area (Å²) in [5.41, 5.74) is 4.14. The lowest BCUT2D eigenvalue weighted by molar-refractivity contribution is -0.141. The van der Waals surface area contributed by atoms with Crippen LogP contribution >= 0.6 is 0 Å². The summed E-state index contributed by atoms with van der Waals surface area (Å²) in [6, 6.07) is 13.4. The number of aromatic nitrogens is 1. The highest BCUT2D eigenvalue weighted by molar-refractivity contribution is 6.04. The van der Waals surface area contributed by atoms with Gasteiger partial charge in [0.05, 0.1) is 25.2 Å². The maximum Gasteiger partial charge on any atom is 0.433 e. The minimum absolute atomic E-state index is 0.00364. The standard InChI is InChI=1S/C28H27F3N4O3/c1-16-3-6-20(34-26(36)19-7-8-33-25(13-19)28(29,30)31)14-21(16)17-4-5-18-11-22(27(37)32-2)24-15-38-10-9-35(24)23(18)12-17/h3-8,12-14,22,24H,9-11,15H2,1-2H3,(H,32,37)(H,34,36)/t22-,24+/m1/s1. The third-order valence-corrected chi connectivity index (χ3v) is 7.17. The first-order valence-corrected chi connectivity index (χ1v) is 12.3. The maximum absolute atomic E-state index is 13.0. The first kappa shape index (κ1) is 25.7. The Morgan fingerprint density at radius 2 is 1.92 bits per heavy atom. The number of alkyl halides is 3. The molecule has 0 saturated carbocycles. The van der Waals surface area contributed by atoms with Gasteiger partial charge >= 0.3 is 6.18 Å². The number of aryl methyl sites for hydroxylation is 1. The molecule has 38 heavy (non-hydrogen) atoms. The third-order valence-electron chi connectivity index (χ3n) is 7.17. The Kier molecular flexibility index (Phi) is 6.83. The summed E-state index contributed by atoms with van der Waals surface area (Å²) in [7, 11) is 1.65. The molecule has 3 aromatic rings. The van der Waals surface area contributed by atoms with Gasteiger partial charge in [0.2, 0.25) is 5.91 Å². The highest BCUT2D eigenvalue weighted by atomic mass is 19.4. The van der Waals surface area contributed by atoms with E-state index in [1.165, 1.54) is 6.07 Å². The summed E-state index contributed by atoms with van der Waals surface area (Å²) in [6.45, 7) is 3.69. The molecule has 1 fully saturated rings. The Labute approximate surface area is 218 Å². The molecule has 10 heteroatoms. The van der Waals surface area contributed by atoms with E-state index in [4.69, 9.17) is 4.74 Å². The summed E-state index contributed by atoms with van der Waals surface area (Å²) in [5.74, 6) is -0.865. The number of pyridine rings is 1. The van der Waals surface area contributed by atoms with Gasteiger partial charge in [0.25, 0.3) is 5.91 Å². The molecule has 0 bridgehead atoms. The second-order valence-corrected chi connectivity index (χ2v) is 9.52. The fourth-order valence-corrected chi connectivity index (χ4v) is 5.19. The molecule has 0 unspecified atom stereocenters. The molecule has 2 aromatic carbocycles. The smallest absolute Gasteiger partial charge is 0.377 e. The van der Waals surface area contributed by atoms with Gasteiger partial charge in [-0.3, -0.25) is 14.6 Å². The van der Waals surface area contributed by atoms with Crippen LogP contribution in [0.25, 0.3) is 11.1 Å². The second-order valence-electron chi connectivity index (χ2n) is 9.52. The number of carbonyl (C=O) groups is 2. The maximum atomic E-state index is 13.0. The summed E-state index contributed by atoms with van der Waals surface area (Å²) in [4.78, 5) is 30.9. The van der Waals surface area contributed by atoms with Gasteiger partial charge in [-0.05, 0) is 65.9 Å². The topological polar surface area (TPSA) is 83.6 Å². The van der Waals surface area contributed by atoms with Crippen LogP contribution in [-0.4, -0.2) is 49.6 Å². The molecule has 198 valence electrons. The fourth-order valence-electron chi connectivity index (χ4n) is 5.19. The van der Waals surface area contributed by atoms with Crippen LogP contribution in [-0.2, 0) is 22.1 Å². The number of nitrogens with one attached hydrogen (secondary N) is 2. The number of nitrogens with zero attached hydrogens (tertiary/aromatic N) is 2. The largest absolute Gasteiger partial charge is 0.433 e. The number of amides is 2. The normalized spacial score (nSPS) is 18.8. The van der Waals surface area contributed by atoms with Crippen molar-refractivity contribution in [3.63, 3.8) is 0 Å². The van der Waals surface area contributed by atoms with E-state index in [1.807, 2.05) is 31.2 Å². The van der Waals surface area contributed by atoms with Crippen LogP contribution in [0.15, 0.2) is 54.7 Å². The average Bonchev–Trinajstić information content (AvgIpc) is 2.92. The molecule has 2 aliphatic heterocycles. The van der Waals surface area contributed by atoms with E-state index in [1.54, 1.807) is 13.1 Å². The lowest BCUT2D eigenvalue weighted by Gasteiger charge is -2.45. The number of fused-ring (bicyclic) bond motifs is 3. The van der Waals surface area contributed by atoms with Crippen molar-refractivity contribution in [3.05, 3.63) is 77.1 Å². The SMILES string of the molecule is CNC(=O)[C@@H]1Cc2ccc(-c3cc(NC(=O)c4ccnc(C(F)(F)F)c4)ccc3C)cc2N2CCOC[C@@H]12. The molecule has 2 amide bonds. The van der Waals surface area contributed by atoms with Gasteiger partial charge in [-0.15, -0.1) is 0 Å². The van der Waals surface area contributed by atoms with Crippen LogP contribution in [0.1, 0.15) is 27.2 Å². The number of morpholine rings is 1. The first-order chi connectivity index (χ1) is 18.2. The zero-order valence-corrected chi connectivity index (χ0v) is 20.9. The summed E-state index contributed by atoms with van der Waals surface area (Å²) in [5, 5.41) is 5.47. The fraction of sp³-hybridized carbons (Fsp3) is 0.321. The van der Waals surface area contributed by atoms with Crippen molar-refractivity contribution in [2.24, 2.45) is 5.92 Å². The van der Waals surface area contributed by atoms with E-state index >= 15 is 0 Å². The van der Waals surface area contributed by atoms with Gasteiger partial charge in [0.15, 0.2) is 0 Å². The van der Waals surface area contributed by atoms with Crippen LogP contribution in [0, 0.1) is 12.8 Å². The Hall–Kier alpha value is -3.92. The van der Waals surface area contributed by atoms with Gasteiger partial charge in [0.1, 0.15) is 5.69 Å². The molecule has 0 radical (unpaired) electrons. The van der Waals surface area contributed by atoms with Crippen molar-refractivity contribution >= 4 is 23.2 Å². The van der Waals surface area contributed by atoms with E-state index in [9.17, 15) is 22.8 Å². The van der Waals surface area contributed by atoms with Crippen LogP contribution in [0.5, 0.6) is 0 Å². The Morgan fingerprint density at radius 3 is 2.68 bits per heavy atom. The van der Waals surface area contributed by atoms with E-state index in [0.29, 0.717) is 31.9 Å². The molecule has 5 rings (SSSR count). The number of rotatable bonds is 4. The van der Waals surface area contributed by atoms with Crippen molar-refractivity contribution in [1.29, 1.82) is 0 Å². The number of benzene rings is 2. The van der Waals surface area contributed by atoms with Gasteiger partial charge in [0, 0.05) is 36.7 Å². The van der Waals surface area contributed by atoms with Crippen molar-refractivity contribution in [2.75, 3.05) is 37.0 Å². The third kappa shape index (κ3) is 4.96. The van der Waals surface area contributed by atoms with Crippen LogP contribution < -0.4 is 15.5 Å². The molecule has 0 spiro atoms. The highest BCUT2D eigenvalue weighted by Gasteiger charge is 2.40. The van der Waals surface area contributed by atoms with E-state index in [0.717, 1.165) is 40.2 Å². The summed E-state index contributed by atoms with van der Waals surface area (Å²) >= 11 is 0. The molecular formula is C28H27F3N4O3. The minimum Gasteiger partial charge on any atom is -0.377 e. The Morgan fingerprint density at radius 1 is 1.11 bits per heavy atom. The number of hydrogen-bond donors (Lipinski definition) is 2. The molecule has 0 aliphatic carbocycles. The van der Waals surface area contributed by atoms with E-state index in [2.05, 4.69) is 26.6 Å². The second kappa shape index (κ2) is 10.1. The van der Waals surface area contributed by atoms with Gasteiger partial charge in [-0.2, -0.15) is 13.2 Å². The van der Waals surface area contributed by atoms with Gasteiger partial charge in [-0.25, -0.2) is 0 Å². The lowest BCUT2D eigenvalue weighted by Crippen LogP contribution is -2.56. The van der Waals surface area contributed by atoms with Crippen LogP contribution in [0.3, 0.4) is 0 Å². The quantitative estimate of drug-likeness (QED) is 0.527. The number of anilines is 2. The van der Waals surface area contributed by atoms with Gasteiger partial charge in [-0.1, -0.05) is 18.2 Å². The number of carbonyl (C=O) groups excluding carboxylic acids is 2. The highest BCUT2D eigenvalue weighted by Crippen LogP contribution is 2.39. The first-order valence-electron chi connectivity index (χ1n) is 12.3. The van der Waals surface area contributed by atoms with Crippen molar-refractivity contribution in [3.8, 4) is 11.1 Å². The van der Waals surface area contributed by atoms with Crippen molar-refractivity contribution in [1.82, 2.24) is 10.3 Å². The van der Waals surface area contributed by atoms with Crippen LogP contribution in [0.4, 0.5) is 24.5 Å².